The van der Waals surface area contributed by atoms with Crippen LogP contribution in [0.15, 0.2) is 17.1 Å². The molecule has 1 saturated heterocycles. The highest BCUT2D eigenvalue weighted by molar-refractivity contribution is 5.16. The van der Waals surface area contributed by atoms with Gasteiger partial charge in [0.2, 0.25) is 0 Å². The van der Waals surface area contributed by atoms with Crippen LogP contribution in [-0.4, -0.2) is 15.8 Å². The molecule has 1 aliphatic rings. The van der Waals surface area contributed by atoms with Crippen LogP contribution >= 0.6 is 0 Å². The molecule has 0 bridgehead atoms. The van der Waals surface area contributed by atoms with E-state index in [4.69, 9.17) is 9.47 Å². The van der Waals surface area contributed by atoms with Gasteiger partial charge in [-0.25, -0.2) is 4.39 Å². The molecule has 1 aromatic heterocycles. The smallest absolute Gasteiger partial charge is 0.286 e. The van der Waals surface area contributed by atoms with Crippen molar-refractivity contribution in [2.24, 2.45) is 0 Å². The summed E-state index contributed by atoms with van der Waals surface area (Å²) in [5.74, 6) is -0.786. The predicted octanol–water partition coefficient (Wildman–Crippen LogP) is 3.17. The lowest BCUT2D eigenvalue weighted by Crippen LogP contribution is -2.41. The van der Waals surface area contributed by atoms with Gasteiger partial charge >= 0.3 is 0 Å². The van der Waals surface area contributed by atoms with Gasteiger partial charge in [-0.1, -0.05) is 0 Å². The summed E-state index contributed by atoms with van der Waals surface area (Å²) in [5.41, 5.74) is -1.09. The zero-order valence-electron chi connectivity index (χ0n) is 12.9. The molecule has 0 spiro atoms. The Morgan fingerprint density at radius 3 is 2.15 bits per heavy atom. The normalized spacial score (nSPS) is 21.6. The molecule has 0 aromatic carbocycles. The van der Waals surface area contributed by atoms with Crippen LogP contribution in [0.4, 0.5) is 4.39 Å². The number of hydrogen-bond acceptors (Lipinski definition) is 3. The summed E-state index contributed by atoms with van der Waals surface area (Å²) in [7, 11) is 0. The van der Waals surface area contributed by atoms with Crippen molar-refractivity contribution in [3.8, 4) is 0 Å². The predicted molar refractivity (Wildman–Crippen MR) is 74.1 cm³/mol. The highest BCUT2D eigenvalue weighted by atomic mass is 19.1. The molecule has 0 atom stereocenters. The Balaban J connectivity index is 2.44. The van der Waals surface area contributed by atoms with Crippen molar-refractivity contribution in [3.63, 3.8) is 0 Å². The Bertz CT molecular complexity index is 559. The van der Waals surface area contributed by atoms with Crippen molar-refractivity contribution in [2.75, 3.05) is 0 Å². The maximum atomic E-state index is 13.8. The highest BCUT2D eigenvalue weighted by Gasteiger charge is 2.49. The zero-order chi connectivity index (χ0) is 15.3. The zero-order valence-corrected chi connectivity index (χ0v) is 12.9. The van der Waals surface area contributed by atoms with Gasteiger partial charge in [0.05, 0.1) is 11.2 Å². The van der Waals surface area contributed by atoms with E-state index < -0.39 is 28.9 Å². The van der Waals surface area contributed by atoms with E-state index in [1.54, 1.807) is 6.20 Å². The highest BCUT2D eigenvalue weighted by Crippen LogP contribution is 2.44. The quantitative estimate of drug-likeness (QED) is 0.837. The maximum Gasteiger partial charge on any atom is 0.286 e. The summed E-state index contributed by atoms with van der Waals surface area (Å²) in [5, 5.41) is 0. The Hall–Kier alpha value is -1.20. The van der Waals surface area contributed by atoms with Crippen molar-refractivity contribution in [2.45, 2.75) is 65.1 Å². The van der Waals surface area contributed by atoms with Crippen LogP contribution < -0.4 is 5.56 Å². The molecule has 20 heavy (non-hydrogen) atoms. The van der Waals surface area contributed by atoms with Gasteiger partial charge in [-0.2, -0.15) is 0 Å². The van der Waals surface area contributed by atoms with Gasteiger partial charge in [0.15, 0.2) is 12.1 Å². The molecule has 0 N–H and O–H groups in total. The van der Waals surface area contributed by atoms with E-state index in [-0.39, 0.29) is 6.04 Å². The number of nitrogens with zero attached hydrogens (tertiary/aromatic N) is 1. The molecule has 2 heterocycles. The van der Waals surface area contributed by atoms with E-state index in [0.29, 0.717) is 5.56 Å². The van der Waals surface area contributed by atoms with E-state index in [1.165, 1.54) is 10.6 Å². The second-order valence-electron chi connectivity index (χ2n) is 6.52. The molecule has 0 amide bonds. The van der Waals surface area contributed by atoms with Crippen LogP contribution in [0.25, 0.3) is 0 Å². The van der Waals surface area contributed by atoms with Crippen LogP contribution in [0.3, 0.4) is 0 Å². The molecular formula is C15H22FNO3. The van der Waals surface area contributed by atoms with E-state index in [1.807, 2.05) is 41.5 Å². The molecule has 2 rings (SSSR count). The van der Waals surface area contributed by atoms with E-state index in [9.17, 15) is 9.18 Å². The summed E-state index contributed by atoms with van der Waals surface area (Å²) in [6.07, 6.45) is 0.943. The third-order valence-corrected chi connectivity index (χ3v) is 4.10. The third kappa shape index (κ3) is 2.40. The Morgan fingerprint density at radius 2 is 1.70 bits per heavy atom. The Labute approximate surface area is 118 Å². The van der Waals surface area contributed by atoms with Crippen molar-refractivity contribution in [3.05, 3.63) is 34.0 Å². The molecule has 1 aliphatic heterocycles. The summed E-state index contributed by atoms with van der Waals surface area (Å²) in [6.45, 7) is 11.4. The molecule has 0 radical (unpaired) electrons. The summed E-state index contributed by atoms with van der Waals surface area (Å²) >= 11 is 0. The van der Waals surface area contributed by atoms with Gasteiger partial charge in [-0.15, -0.1) is 0 Å². The molecule has 0 aliphatic carbocycles. The number of pyridine rings is 1. The van der Waals surface area contributed by atoms with Gasteiger partial charge in [0.25, 0.3) is 5.56 Å². The summed E-state index contributed by atoms with van der Waals surface area (Å²) in [6, 6.07) is 1.07. The van der Waals surface area contributed by atoms with Crippen molar-refractivity contribution in [1.82, 2.24) is 4.57 Å². The molecule has 5 heteroatoms. The Kier molecular flexibility index (Phi) is 3.55. The van der Waals surface area contributed by atoms with Gasteiger partial charge in [-0.05, 0) is 47.6 Å². The number of hydrogen-bond donors (Lipinski definition) is 0. The number of ether oxygens (including phenoxy) is 2. The summed E-state index contributed by atoms with van der Waals surface area (Å²) in [4.78, 5) is 11.7. The van der Waals surface area contributed by atoms with Crippen LogP contribution in [0.1, 0.15) is 59.4 Å². The lowest BCUT2D eigenvalue weighted by atomic mass is 9.90. The second kappa shape index (κ2) is 4.67. The summed E-state index contributed by atoms with van der Waals surface area (Å²) < 4.78 is 26.9. The second-order valence-corrected chi connectivity index (χ2v) is 6.52. The lowest BCUT2D eigenvalue weighted by Gasteiger charge is -2.30. The first kappa shape index (κ1) is 15.2. The van der Waals surface area contributed by atoms with Gasteiger partial charge < -0.3 is 14.0 Å². The third-order valence-electron chi connectivity index (χ3n) is 4.10. The Morgan fingerprint density at radius 1 is 1.20 bits per heavy atom. The van der Waals surface area contributed by atoms with Crippen molar-refractivity contribution < 1.29 is 13.9 Å². The minimum atomic E-state index is -0.786. The van der Waals surface area contributed by atoms with E-state index in [0.717, 1.165) is 0 Å². The van der Waals surface area contributed by atoms with Gasteiger partial charge in [0, 0.05) is 17.8 Å². The first-order valence-electron chi connectivity index (χ1n) is 6.82. The molecule has 0 unspecified atom stereocenters. The standard InChI is InChI=1S/C15H22FNO3/c1-9(2)17-8-10(7-11(16)12(17)18)13-19-14(3,4)15(5,6)20-13/h7-9,13H,1-6H3. The number of rotatable bonds is 2. The van der Waals surface area contributed by atoms with Crippen LogP contribution in [0.2, 0.25) is 0 Å². The molecule has 4 nitrogen and oxygen atoms in total. The molecular weight excluding hydrogens is 261 g/mol. The first-order chi connectivity index (χ1) is 9.05. The average Bonchev–Trinajstić information content (AvgIpc) is 2.51. The fraction of sp³-hybridized carbons (Fsp3) is 0.667. The minimum Gasteiger partial charge on any atom is -0.339 e. The van der Waals surface area contributed by atoms with E-state index in [2.05, 4.69) is 0 Å². The van der Waals surface area contributed by atoms with Crippen molar-refractivity contribution >= 4 is 0 Å². The van der Waals surface area contributed by atoms with Crippen LogP contribution in [-0.2, 0) is 9.47 Å². The maximum absolute atomic E-state index is 13.8. The minimum absolute atomic E-state index is 0.126. The monoisotopic (exact) mass is 283 g/mol. The fourth-order valence-electron chi connectivity index (χ4n) is 2.08. The van der Waals surface area contributed by atoms with Gasteiger partial charge in [-0.3, -0.25) is 4.79 Å². The lowest BCUT2D eigenvalue weighted by molar-refractivity contribution is -0.0901. The fourth-order valence-corrected chi connectivity index (χ4v) is 2.08. The molecule has 112 valence electrons. The molecule has 1 fully saturated rings. The topological polar surface area (TPSA) is 40.5 Å². The average molecular weight is 283 g/mol. The first-order valence-corrected chi connectivity index (χ1v) is 6.82. The van der Waals surface area contributed by atoms with E-state index >= 15 is 0 Å². The molecule has 0 saturated carbocycles. The number of aromatic nitrogens is 1. The van der Waals surface area contributed by atoms with Crippen LogP contribution in [0, 0.1) is 5.82 Å². The number of halogens is 1. The van der Waals surface area contributed by atoms with Crippen molar-refractivity contribution in [1.29, 1.82) is 0 Å². The SMILES string of the molecule is CC(C)n1cc(C2OC(C)(C)C(C)(C)O2)cc(F)c1=O. The van der Waals surface area contributed by atoms with Crippen LogP contribution in [0.5, 0.6) is 0 Å². The molecule has 1 aromatic rings. The van der Waals surface area contributed by atoms with Gasteiger partial charge in [0.1, 0.15) is 0 Å². The largest absolute Gasteiger partial charge is 0.339 e.